The van der Waals surface area contributed by atoms with E-state index >= 15 is 0 Å². The molecule has 2 spiro atoms. The first-order valence-electron chi connectivity index (χ1n) is 13.7. The zero-order chi connectivity index (χ0) is 27.1. The van der Waals surface area contributed by atoms with Crippen molar-refractivity contribution in [3.63, 3.8) is 0 Å². The topological polar surface area (TPSA) is 87.7 Å². The van der Waals surface area contributed by atoms with Crippen LogP contribution in [0.1, 0.15) is 53.7 Å². The highest BCUT2D eigenvalue weighted by atomic mass is 16.5. The number of para-hydroxylation sites is 2. The number of aryl methyl sites for hydroxylation is 1. The van der Waals surface area contributed by atoms with Gasteiger partial charge in [-0.3, -0.25) is 19.3 Å². The number of rotatable bonds is 4. The average molecular weight is 522 g/mol. The van der Waals surface area contributed by atoms with Crippen LogP contribution in [-0.4, -0.2) is 41.2 Å². The third-order valence-corrected chi connectivity index (χ3v) is 9.14. The number of hydrogen-bond acceptors (Lipinski definition) is 5. The highest BCUT2D eigenvalue weighted by Gasteiger charge is 2.78. The first-order chi connectivity index (χ1) is 18.8. The van der Waals surface area contributed by atoms with Gasteiger partial charge in [0.2, 0.25) is 11.8 Å². The maximum atomic E-state index is 14.9. The predicted molar refractivity (Wildman–Crippen MR) is 148 cm³/mol. The Hall–Kier alpha value is -3.97. The fraction of sp³-hybridized carbons (Fsp3) is 0.344. The van der Waals surface area contributed by atoms with Gasteiger partial charge in [-0.05, 0) is 81.6 Å². The van der Waals surface area contributed by atoms with E-state index in [2.05, 4.69) is 15.5 Å². The van der Waals surface area contributed by atoms with E-state index in [0.29, 0.717) is 23.5 Å². The lowest BCUT2D eigenvalue weighted by Gasteiger charge is -2.38. The number of carbonyl (C=O) groups excluding carboxylic acids is 3. The number of benzene rings is 3. The summed E-state index contributed by atoms with van der Waals surface area (Å²) in [6.45, 7) is 6.50. The Morgan fingerprint density at radius 2 is 1.69 bits per heavy atom. The van der Waals surface area contributed by atoms with E-state index in [1.165, 1.54) is 0 Å². The van der Waals surface area contributed by atoms with Crippen molar-refractivity contribution in [2.45, 2.75) is 56.7 Å². The highest BCUT2D eigenvalue weighted by Crippen LogP contribution is 2.66. The largest absolute Gasteiger partial charge is 0.491 e. The average Bonchev–Trinajstić information content (AvgIpc) is 3.64. The maximum absolute atomic E-state index is 14.9. The molecule has 7 nitrogen and oxygen atoms in total. The quantitative estimate of drug-likeness (QED) is 0.482. The maximum Gasteiger partial charge on any atom is 0.250 e. The smallest absolute Gasteiger partial charge is 0.250 e. The second-order valence-corrected chi connectivity index (χ2v) is 11.4. The van der Waals surface area contributed by atoms with Crippen LogP contribution in [0.2, 0.25) is 0 Å². The third kappa shape index (κ3) is 2.94. The molecular weight excluding hydrogens is 490 g/mol. The number of fused-ring (bicyclic) bond motifs is 7. The minimum atomic E-state index is -1.30. The molecule has 0 bridgehead atoms. The van der Waals surface area contributed by atoms with Gasteiger partial charge < -0.3 is 15.4 Å². The molecule has 7 rings (SSSR count). The van der Waals surface area contributed by atoms with Crippen LogP contribution in [0.3, 0.4) is 0 Å². The van der Waals surface area contributed by atoms with Crippen molar-refractivity contribution in [3.8, 4) is 5.75 Å². The molecule has 0 aromatic heterocycles. The monoisotopic (exact) mass is 521 g/mol. The SMILES string of the molecule is Cc1cccc2c1NC(=O)[C@]21[C@@H](C(=O)c2ccc(OC(C)C)cc2)[C@]2(C(=O)Nc3ccccc32)[C@@H]2CCCN21. The number of ketones is 1. The Labute approximate surface area is 227 Å². The van der Waals surface area contributed by atoms with Gasteiger partial charge in [0, 0.05) is 28.5 Å². The Kier molecular flexibility index (Phi) is 5.11. The normalized spacial score (nSPS) is 28.5. The highest BCUT2D eigenvalue weighted by molar-refractivity contribution is 6.19. The fourth-order valence-electron chi connectivity index (χ4n) is 7.86. The molecule has 39 heavy (non-hydrogen) atoms. The van der Waals surface area contributed by atoms with E-state index < -0.39 is 16.9 Å². The van der Waals surface area contributed by atoms with E-state index in [1.54, 1.807) is 24.3 Å². The van der Waals surface area contributed by atoms with Crippen molar-refractivity contribution in [3.05, 3.63) is 89.0 Å². The lowest BCUT2D eigenvalue weighted by Crippen LogP contribution is -2.55. The summed E-state index contributed by atoms with van der Waals surface area (Å²) in [7, 11) is 0. The zero-order valence-electron chi connectivity index (χ0n) is 22.3. The van der Waals surface area contributed by atoms with E-state index in [4.69, 9.17) is 4.74 Å². The van der Waals surface area contributed by atoms with Crippen molar-refractivity contribution in [2.24, 2.45) is 5.92 Å². The van der Waals surface area contributed by atoms with Crippen LogP contribution >= 0.6 is 0 Å². The molecule has 0 radical (unpaired) electrons. The van der Waals surface area contributed by atoms with Gasteiger partial charge in [-0.2, -0.15) is 0 Å². The minimum Gasteiger partial charge on any atom is -0.491 e. The standard InChI is InChI=1S/C32H31N3O4/c1-18(2)39-21-15-13-20(14-16-21)27(36)28-31(22-9-4-5-11-24(22)33-29(31)37)25-12-7-17-35(25)32(28)23-10-6-8-19(3)26(23)34-30(32)38/h4-6,8-11,13-16,18,25,28H,7,12,17H2,1-3H3,(H,33,37)(H,34,38)/t25-,28-,31+,32+/m0/s1. The van der Waals surface area contributed by atoms with Crippen LogP contribution in [0.5, 0.6) is 5.75 Å². The van der Waals surface area contributed by atoms with Gasteiger partial charge in [0.15, 0.2) is 5.78 Å². The van der Waals surface area contributed by atoms with Crippen molar-refractivity contribution in [1.29, 1.82) is 0 Å². The van der Waals surface area contributed by atoms with Gasteiger partial charge in [0.1, 0.15) is 16.7 Å². The number of nitrogens with zero attached hydrogens (tertiary/aromatic N) is 1. The van der Waals surface area contributed by atoms with Crippen LogP contribution in [0, 0.1) is 12.8 Å². The van der Waals surface area contributed by atoms with Gasteiger partial charge in [0.05, 0.1) is 12.0 Å². The molecule has 2 fully saturated rings. The Balaban J connectivity index is 1.51. The van der Waals surface area contributed by atoms with Crippen molar-refractivity contribution in [1.82, 2.24) is 4.90 Å². The van der Waals surface area contributed by atoms with Crippen LogP contribution in [0.4, 0.5) is 11.4 Å². The molecule has 2 N–H and O–H groups in total. The summed E-state index contributed by atoms with van der Waals surface area (Å²) in [5.74, 6) is -0.937. The lowest BCUT2D eigenvalue weighted by atomic mass is 9.60. The molecule has 3 aromatic carbocycles. The van der Waals surface area contributed by atoms with Crippen LogP contribution in [0.25, 0.3) is 0 Å². The number of anilines is 2. The summed E-state index contributed by atoms with van der Waals surface area (Å²) >= 11 is 0. The molecule has 198 valence electrons. The van der Waals surface area contributed by atoms with Crippen LogP contribution in [-0.2, 0) is 20.5 Å². The molecule has 4 aliphatic heterocycles. The number of carbonyl (C=O) groups is 3. The van der Waals surface area contributed by atoms with E-state index in [0.717, 1.165) is 35.2 Å². The number of amides is 2. The van der Waals surface area contributed by atoms with Crippen molar-refractivity contribution >= 4 is 29.0 Å². The van der Waals surface area contributed by atoms with Gasteiger partial charge in [-0.15, -0.1) is 0 Å². The Morgan fingerprint density at radius 1 is 0.949 bits per heavy atom. The molecule has 0 aliphatic carbocycles. The molecule has 4 aliphatic rings. The summed E-state index contributed by atoms with van der Waals surface area (Å²) < 4.78 is 5.81. The van der Waals surface area contributed by atoms with Gasteiger partial charge >= 0.3 is 0 Å². The summed E-state index contributed by atoms with van der Waals surface area (Å²) in [6.07, 6.45) is 1.57. The third-order valence-electron chi connectivity index (χ3n) is 9.14. The first kappa shape index (κ1) is 24.1. The minimum absolute atomic E-state index is 0.000657. The second-order valence-electron chi connectivity index (χ2n) is 11.4. The molecule has 7 heteroatoms. The van der Waals surface area contributed by atoms with Gasteiger partial charge in [0.25, 0.3) is 0 Å². The van der Waals surface area contributed by atoms with Crippen LogP contribution in [0.15, 0.2) is 66.7 Å². The van der Waals surface area contributed by atoms with Crippen molar-refractivity contribution in [2.75, 3.05) is 17.2 Å². The molecule has 4 atom stereocenters. The molecule has 0 unspecified atom stereocenters. The molecular formula is C32H31N3O4. The van der Waals surface area contributed by atoms with Crippen molar-refractivity contribution < 1.29 is 19.1 Å². The van der Waals surface area contributed by atoms with Gasteiger partial charge in [-0.1, -0.05) is 36.4 Å². The zero-order valence-corrected chi connectivity index (χ0v) is 22.3. The lowest BCUT2D eigenvalue weighted by molar-refractivity contribution is -0.128. The van der Waals surface area contributed by atoms with Gasteiger partial charge in [-0.25, -0.2) is 0 Å². The Bertz CT molecular complexity index is 1550. The van der Waals surface area contributed by atoms with E-state index in [-0.39, 0.29) is 29.7 Å². The summed E-state index contributed by atoms with van der Waals surface area (Å²) in [5, 5.41) is 6.24. The summed E-state index contributed by atoms with van der Waals surface area (Å²) in [4.78, 5) is 45.8. The van der Waals surface area contributed by atoms with E-state index in [1.807, 2.05) is 63.2 Å². The molecule has 2 saturated heterocycles. The number of ether oxygens (including phenoxy) is 1. The summed E-state index contributed by atoms with van der Waals surface area (Å²) in [6, 6.07) is 20.3. The Morgan fingerprint density at radius 3 is 2.46 bits per heavy atom. The second kappa shape index (κ2) is 8.26. The fourth-order valence-corrected chi connectivity index (χ4v) is 7.86. The first-order valence-corrected chi connectivity index (χ1v) is 13.7. The number of Topliss-reactive ketones (excluding diaryl/α,β-unsaturated/α-hetero) is 1. The van der Waals surface area contributed by atoms with E-state index in [9.17, 15) is 14.4 Å². The molecule has 4 heterocycles. The predicted octanol–water partition coefficient (Wildman–Crippen LogP) is 4.80. The summed E-state index contributed by atoms with van der Waals surface area (Å²) in [5.41, 5.74) is 1.93. The van der Waals surface area contributed by atoms with Crippen LogP contribution < -0.4 is 15.4 Å². The number of nitrogens with one attached hydrogen (secondary N) is 2. The molecule has 0 saturated carbocycles. The molecule has 3 aromatic rings. The number of hydrogen-bond donors (Lipinski definition) is 2. The molecule has 2 amide bonds.